The van der Waals surface area contributed by atoms with Gasteiger partial charge >= 0.3 is 0 Å². The third-order valence-electron chi connectivity index (χ3n) is 6.92. The fourth-order valence-corrected chi connectivity index (χ4v) is 5.73. The number of nitrogens with zero attached hydrogens (tertiary/aromatic N) is 1. The van der Waals surface area contributed by atoms with E-state index >= 15 is 0 Å². The normalized spacial score (nSPS) is 40.7. The average molecular weight is 327 g/mol. The molecule has 3 fully saturated rings. The summed E-state index contributed by atoms with van der Waals surface area (Å²) in [5, 5.41) is 3.62. The second-order valence-corrected chi connectivity index (χ2v) is 8.00. The first-order valence-corrected chi connectivity index (χ1v) is 8.77. The first kappa shape index (κ1) is 15.8. The molecule has 3 aliphatic rings. The molecule has 2 bridgehead atoms. The summed E-state index contributed by atoms with van der Waals surface area (Å²) >= 11 is 0. The summed E-state index contributed by atoms with van der Waals surface area (Å²) < 4.78 is 0. The third-order valence-corrected chi connectivity index (χ3v) is 6.92. The van der Waals surface area contributed by atoms with Gasteiger partial charge < -0.3 is 11.1 Å². The number of imide groups is 1. The van der Waals surface area contributed by atoms with Gasteiger partial charge in [-0.3, -0.25) is 14.5 Å². The first-order valence-electron chi connectivity index (χ1n) is 8.77. The van der Waals surface area contributed by atoms with Crippen molar-refractivity contribution in [1.29, 1.82) is 0 Å². The average Bonchev–Trinajstić information content (AvgIpc) is 2.98. The van der Waals surface area contributed by atoms with Crippen molar-refractivity contribution < 1.29 is 9.59 Å². The summed E-state index contributed by atoms with van der Waals surface area (Å²) in [4.78, 5) is 27.9. The van der Waals surface area contributed by atoms with Crippen molar-refractivity contribution in [1.82, 2.24) is 10.2 Å². The van der Waals surface area contributed by atoms with E-state index in [9.17, 15) is 9.59 Å². The summed E-state index contributed by atoms with van der Waals surface area (Å²) in [5.74, 6) is -0.00167. The van der Waals surface area contributed by atoms with Crippen molar-refractivity contribution in [3.05, 3.63) is 35.9 Å². The van der Waals surface area contributed by atoms with E-state index in [2.05, 4.69) is 19.2 Å². The van der Waals surface area contributed by atoms with Crippen molar-refractivity contribution in [2.75, 3.05) is 19.6 Å². The fourth-order valence-electron chi connectivity index (χ4n) is 5.73. The topological polar surface area (TPSA) is 75.4 Å². The van der Waals surface area contributed by atoms with Gasteiger partial charge in [0.05, 0.1) is 5.41 Å². The number of rotatable bonds is 2. The standard InChI is InChI=1S/C19H25N3O2/c1-17(12-20)15-18(2)8-9-19(15,17)16(24)22(11-10-21-18)14(23)13-6-4-3-5-7-13/h3-7,15,21H,8-12,20H2,1-2H3/t15?,17?,18-,19?/m1/s1. The van der Waals surface area contributed by atoms with Gasteiger partial charge in [0.15, 0.2) is 0 Å². The van der Waals surface area contributed by atoms with Gasteiger partial charge in [0.1, 0.15) is 0 Å². The van der Waals surface area contributed by atoms with Gasteiger partial charge in [-0.25, -0.2) is 0 Å². The SMILES string of the molecule is CC1(CN)C2C13CC[C@@]2(C)NCCN(C(=O)c1ccccc1)C3=O. The van der Waals surface area contributed by atoms with Gasteiger partial charge in [0, 0.05) is 29.6 Å². The summed E-state index contributed by atoms with van der Waals surface area (Å²) in [6, 6.07) is 9.07. The molecule has 2 amide bonds. The van der Waals surface area contributed by atoms with Crippen molar-refractivity contribution in [2.24, 2.45) is 22.5 Å². The van der Waals surface area contributed by atoms with Crippen LogP contribution in [0.15, 0.2) is 30.3 Å². The maximum Gasteiger partial charge on any atom is 0.260 e. The van der Waals surface area contributed by atoms with Gasteiger partial charge in [-0.05, 0) is 44.4 Å². The first-order chi connectivity index (χ1) is 11.4. The lowest BCUT2D eigenvalue weighted by Gasteiger charge is -2.32. The molecule has 1 aromatic rings. The highest BCUT2D eigenvalue weighted by Gasteiger charge is 2.84. The van der Waals surface area contributed by atoms with Crippen molar-refractivity contribution >= 4 is 11.8 Å². The molecule has 1 saturated heterocycles. The maximum absolute atomic E-state index is 13.5. The van der Waals surface area contributed by atoms with E-state index in [-0.39, 0.29) is 28.7 Å². The number of carbonyl (C=O) groups excluding carboxylic acids is 2. The van der Waals surface area contributed by atoms with Crippen LogP contribution in [-0.2, 0) is 4.79 Å². The van der Waals surface area contributed by atoms with Gasteiger partial charge in [-0.2, -0.15) is 0 Å². The Labute approximate surface area is 142 Å². The molecule has 5 nitrogen and oxygen atoms in total. The highest BCUT2D eigenvalue weighted by molar-refractivity contribution is 6.08. The molecule has 1 aromatic carbocycles. The van der Waals surface area contributed by atoms with Crippen LogP contribution < -0.4 is 11.1 Å². The van der Waals surface area contributed by atoms with Crippen LogP contribution in [0.4, 0.5) is 0 Å². The van der Waals surface area contributed by atoms with Crippen LogP contribution in [0.2, 0.25) is 0 Å². The number of hydrogen-bond acceptors (Lipinski definition) is 4. The second-order valence-electron chi connectivity index (χ2n) is 8.00. The lowest BCUT2D eigenvalue weighted by atomic mass is 9.84. The van der Waals surface area contributed by atoms with Gasteiger partial charge in [-0.1, -0.05) is 25.1 Å². The molecular weight excluding hydrogens is 302 g/mol. The molecule has 2 aliphatic carbocycles. The van der Waals surface area contributed by atoms with E-state index in [1.54, 1.807) is 12.1 Å². The minimum Gasteiger partial charge on any atom is -0.330 e. The molecule has 0 spiro atoms. The Hall–Kier alpha value is -1.72. The molecule has 24 heavy (non-hydrogen) atoms. The van der Waals surface area contributed by atoms with Gasteiger partial charge in [0.2, 0.25) is 5.91 Å². The quantitative estimate of drug-likeness (QED) is 0.805. The Bertz CT molecular complexity index is 706. The molecule has 2 saturated carbocycles. The van der Waals surface area contributed by atoms with Crippen LogP contribution in [0.25, 0.3) is 0 Å². The zero-order chi connectivity index (χ0) is 17.2. The number of nitrogens with two attached hydrogens (primary N) is 1. The monoisotopic (exact) mass is 327 g/mol. The van der Waals surface area contributed by atoms with E-state index < -0.39 is 5.41 Å². The minimum atomic E-state index is -0.478. The zero-order valence-corrected chi connectivity index (χ0v) is 14.3. The van der Waals surface area contributed by atoms with Crippen LogP contribution in [0, 0.1) is 16.7 Å². The molecule has 0 radical (unpaired) electrons. The highest BCUT2D eigenvalue weighted by Crippen LogP contribution is 2.79. The van der Waals surface area contributed by atoms with E-state index in [1.807, 2.05) is 18.2 Å². The van der Waals surface area contributed by atoms with Gasteiger partial charge in [-0.15, -0.1) is 0 Å². The van der Waals surface area contributed by atoms with Crippen LogP contribution >= 0.6 is 0 Å². The number of nitrogens with one attached hydrogen (secondary N) is 1. The number of benzene rings is 1. The smallest absolute Gasteiger partial charge is 0.260 e. The maximum atomic E-state index is 13.5. The Kier molecular flexibility index (Phi) is 3.22. The number of amides is 2. The highest BCUT2D eigenvalue weighted by atomic mass is 16.2. The molecule has 128 valence electrons. The summed E-state index contributed by atoms with van der Waals surface area (Å²) in [6.07, 6.45) is 1.78. The number of carbonyl (C=O) groups is 2. The fraction of sp³-hybridized carbons (Fsp3) is 0.579. The Morgan fingerprint density at radius 2 is 2.00 bits per heavy atom. The van der Waals surface area contributed by atoms with Crippen LogP contribution in [0.3, 0.4) is 0 Å². The van der Waals surface area contributed by atoms with Gasteiger partial charge in [0.25, 0.3) is 5.91 Å². The molecule has 1 heterocycles. The molecule has 4 rings (SSSR count). The Morgan fingerprint density at radius 3 is 2.67 bits per heavy atom. The lowest BCUT2D eigenvalue weighted by molar-refractivity contribution is -0.136. The van der Waals surface area contributed by atoms with Crippen LogP contribution in [0.5, 0.6) is 0 Å². The van der Waals surface area contributed by atoms with E-state index in [1.165, 1.54) is 4.90 Å². The van der Waals surface area contributed by atoms with Crippen molar-refractivity contribution in [3.63, 3.8) is 0 Å². The predicted octanol–water partition coefficient (Wildman–Crippen LogP) is 1.39. The molecular formula is C19H25N3O2. The Morgan fingerprint density at radius 1 is 1.29 bits per heavy atom. The predicted molar refractivity (Wildman–Crippen MR) is 91.2 cm³/mol. The molecule has 3 unspecified atom stereocenters. The minimum absolute atomic E-state index is 0.0143. The number of hydrogen-bond donors (Lipinski definition) is 2. The van der Waals surface area contributed by atoms with E-state index in [4.69, 9.17) is 5.73 Å². The summed E-state index contributed by atoms with van der Waals surface area (Å²) in [7, 11) is 0. The molecule has 4 atom stereocenters. The summed E-state index contributed by atoms with van der Waals surface area (Å²) in [6.45, 7) is 5.85. The summed E-state index contributed by atoms with van der Waals surface area (Å²) in [5.41, 5.74) is 5.90. The molecule has 3 N–H and O–H groups in total. The van der Waals surface area contributed by atoms with Crippen LogP contribution in [-0.4, -0.2) is 41.9 Å². The van der Waals surface area contributed by atoms with Crippen molar-refractivity contribution in [3.8, 4) is 0 Å². The molecule has 5 heteroatoms. The second kappa shape index (κ2) is 4.90. The van der Waals surface area contributed by atoms with E-state index in [0.29, 0.717) is 25.2 Å². The van der Waals surface area contributed by atoms with Crippen LogP contribution in [0.1, 0.15) is 37.0 Å². The Balaban J connectivity index is 1.73. The zero-order valence-electron chi connectivity index (χ0n) is 14.3. The lowest BCUT2D eigenvalue weighted by Crippen LogP contribution is -2.51. The molecule has 0 aromatic heterocycles. The molecule has 1 aliphatic heterocycles. The van der Waals surface area contributed by atoms with Crippen molar-refractivity contribution in [2.45, 2.75) is 32.2 Å². The van der Waals surface area contributed by atoms with E-state index in [0.717, 1.165) is 12.8 Å². The largest absolute Gasteiger partial charge is 0.330 e. The third kappa shape index (κ3) is 1.72.